The number of aromatic nitrogens is 5. The predicted octanol–water partition coefficient (Wildman–Crippen LogP) is 5.37. The van der Waals surface area contributed by atoms with E-state index in [1.54, 1.807) is 4.68 Å². The van der Waals surface area contributed by atoms with Crippen molar-refractivity contribution in [2.75, 3.05) is 0 Å². The maximum atomic E-state index is 6.39. The lowest BCUT2D eigenvalue weighted by molar-refractivity contribution is 0.768. The molecule has 132 valence electrons. The highest BCUT2D eigenvalue weighted by Gasteiger charge is 2.16. The van der Waals surface area contributed by atoms with E-state index in [9.17, 15) is 0 Å². The molecule has 5 nitrogen and oxygen atoms in total. The van der Waals surface area contributed by atoms with E-state index in [4.69, 9.17) is 16.6 Å². The molecule has 27 heavy (non-hydrogen) atoms. The molecular weight excluding hydrogens is 426 g/mol. The molecule has 4 aromatic heterocycles. The first kappa shape index (κ1) is 16.5. The van der Waals surface area contributed by atoms with Crippen LogP contribution in [-0.2, 0) is 7.05 Å². The standard InChI is InChI=1S/C20H13BrClN5/c1-26-11-13(10-24-26)12-8-15-17(23-9-12)6-7-27-19(21)18(25-20(15)27)14-4-2-3-5-16(14)22/h2-11H,1H3. The number of halogens is 2. The molecule has 0 bridgehead atoms. The summed E-state index contributed by atoms with van der Waals surface area (Å²) >= 11 is 10.1. The molecule has 0 N–H and O–H groups in total. The fourth-order valence-corrected chi connectivity index (χ4v) is 4.04. The largest absolute Gasteiger partial charge is 0.293 e. The van der Waals surface area contributed by atoms with Gasteiger partial charge in [0.25, 0.3) is 0 Å². The maximum absolute atomic E-state index is 6.39. The van der Waals surface area contributed by atoms with Crippen molar-refractivity contribution < 1.29 is 0 Å². The lowest BCUT2D eigenvalue weighted by Crippen LogP contribution is -1.89. The third-order valence-electron chi connectivity index (χ3n) is 4.56. The molecule has 1 aromatic carbocycles. The molecule has 5 rings (SSSR count). The van der Waals surface area contributed by atoms with Crippen molar-refractivity contribution in [1.29, 1.82) is 0 Å². The number of rotatable bonds is 2. The fraction of sp³-hybridized carbons (Fsp3) is 0.0500. The lowest BCUT2D eigenvalue weighted by Gasteiger charge is -2.03. The Hall–Kier alpha value is -2.70. The first-order valence-electron chi connectivity index (χ1n) is 8.32. The van der Waals surface area contributed by atoms with Crippen LogP contribution in [0, 0.1) is 0 Å². The Bertz CT molecular complexity index is 1320. The Morgan fingerprint density at radius 1 is 1.07 bits per heavy atom. The molecule has 0 aliphatic rings. The average molecular weight is 439 g/mol. The van der Waals surface area contributed by atoms with Gasteiger partial charge in [-0.3, -0.25) is 14.1 Å². The van der Waals surface area contributed by atoms with Crippen LogP contribution in [0.25, 0.3) is 38.9 Å². The molecule has 0 aliphatic heterocycles. The molecule has 5 aromatic rings. The van der Waals surface area contributed by atoms with Crippen LogP contribution in [0.1, 0.15) is 0 Å². The lowest BCUT2D eigenvalue weighted by atomic mass is 10.1. The van der Waals surface area contributed by atoms with Crippen LogP contribution in [0.3, 0.4) is 0 Å². The topological polar surface area (TPSA) is 48.0 Å². The van der Waals surface area contributed by atoms with Crippen molar-refractivity contribution >= 4 is 44.1 Å². The van der Waals surface area contributed by atoms with Crippen molar-refractivity contribution in [3.8, 4) is 22.4 Å². The van der Waals surface area contributed by atoms with E-state index in [1.807, 2.05) is 66.6 Å². The van der Waals surface area contributed by atoms with Gasteiger partial charge >= 0.3 is 0 Å². The summed E-state index contributed by atoms with van der Waals surface area (Å²) in [6.45, 7) is 0. The van der Waals surface area contributed by atoms with Crippen LogP contribution < -0.4 is 0 Å². The van der Waals surface area contributed by atoms with Gasteiger partial charge in [0.15, 0.2) is 0 Å². The number of fused-ring (bicyclic) bond motifs is 3. The molecule has 4 heterocycles. The SMILES string of the molecule is Cn1cc(-c2cnc3ccn4c(Br)c(-c5ccccc5Cl)nc4c3c2)cn1. The van der Waals surface area contributed by atoms with E-state index in [1.165, 1.54) is 0 Å². The van der Waals surface area contributed by atoms with Gasteiger partial charge in [-0.25, -0.2) is 4.98 Å². The average Bonchev–Trinajstić information content (AvgIpc) is 3.26. The Morgan fingerprint density at radius 3 is 2.70 bits per heavy atom. The second-order valence-corrected chi connectivity index (χ2v) is 7.46. The maximum Gasteiger partial charge on any atom is 0.147 e. The van der Waals surface area contributed by atoms with E-state index in [2.05, 4.69) is 32.1 Å². The first-order chi connectivity index (χ1) is 13.1. The zero-order valence-electron chi connectivity index (χ0n) is 14.3. The van der Waals surface area contributed by atoms with Gasteiger partial charge in [-0.1, -0.05) is 29.8 Å². The summed E-state index contributed by atoms with van der Waals surface area (Å²) in [5.74, 6) is 0. The molecule has 0 aliphatic carbocycles. The van der Waals surface area contributed by atoms with Gasteiger partial charge in [-0.05, 0) is 34.1 Å². The van der Waals surface area contributed by atoms with E-state index in [0.717, 1.165) is 43.5 Å². The fourth-order valence-electron chi connectivity index (χ4n) is 3.22. The van der Waals surface area contributed by atoms with Gasteiger partial charge in [0.2, 0.25) is 0 Å². The minimum Gasteiger partial charge on any atom is -0.293 e. The number of nitrogens with zero attached hydrogens (tertiary/aromatic N) is 5. The van der Waals surface area contributed by atoms with Gasteiger partial charge < -0.3 is 0 Å². The normalized spacial score (nSPS) is 11.5. The minimum atomic E-state index is 0.667. The molecule has 0 amide bonds. The quantitative estimate of drug-likeness (QED) is 0.372. The van der Waals surface area contributed by atoms with Crippen molar-refractivity contribution in [1.82, 2.24) is 24.1 Å². The van der Waals surface area contributed by atoms with Crippen molar-refractivity contribution in [2.24, 2.45) is 7.05 Å². The molecule has 0 unspecified atom stereocenters. The summed E-state index contributed by atoms with van der Waals surface area (Å²) in [6, 6.07) is 11.8. The Kier molecular flexibility index (Phi) is 3.77. The summed E-state index contributed by atoms with van der Waals surface area (Å²) in [5.41, 5.74) is 5.43. The molecule has 0 saturated heterocycles. The monoisotopic (exact) mass is 437 g/mol. The van der Waals surface area contributed by atoms with Crippen LogP contribution in [0.15, 0.2) is 65.8 Å². The molecule has 0 spiro atoms. The zero-order chi connectivity index (χ0) is 18.5. The summed E-state index contributed by atoms with van der Waals surface area (Å²) in [6.07, 6.45) is 7.63. The van der Waals surface area contributed by atoms with Crippen molar-refractivity contribution in [3.63, 3.8) is 0 Å². The van der Waals surface area contributed by atoms with Crippen LogP contribution in [-0.4, -0.2) is 24.1 Å². The van der Waals surface area contributed by atoms with Gasteiger partial charge in [0.05, 0.1) is 16.7 Å². The Balaban J connectivity index is 1.79. The zero-order valence-corrected chi connectivity index (χ0v) is 16.6. The van der Waals surface area contributed by atoms with Crippen molar-refractivity contribution in [2.45, 2.75) is 0 Å². The molecule has 0 fully saturated rings. The number of pyridine rings is 2. The molecule has 0 radical (unpaired) electrons. The second kappa shape index (κ2) is 6.18. The smallest absolute Gasteiger partial charge is 0.147 e. The number of hydrogen-bond donors (Lipinski definition) is 0. The number of aryl methyl sites for hydroxylation is 1. The van der Waals surface area contributed by atoms with E-state index in [-0.39, 0.29) is 0 Å². The van der Waals surface area contributed by atoms with E-state index in [0.29, 0.717) is 5.02 Å². The van der Waals surface area contributed by atoms with E-state index < -0.39 is 0 Å². The molecule has 7 heteroatoms. The van der Waals surface area contributed by atoms with Gasteiger partial charge in [0, 0.05) is 47.7 Å². The summed E-state index contributed by atoms with van der Waals surface area (Å²) < 4.78 is 4.65. The highest BCUT2D eigenvalue weighted by Crippen LogP contribution is 2.35. The molecule has 0 atom stereocenters. The Labute approximate surface area is 168 Å². The van der Waals surface area contributed by atoms with Crippen LogP contribution in [0.4, 0.5) is 0 Å². The number of hydrogen-bond acceptors (Lipinski definition) is 3. The first-order valence-corrected chi connectivity index (χ1v) is 9.49. The summed E-state index contributed by atoms with van der Waals surface area (Å²) in [4.78, 5) is 9.50. The highest BCUT2D eigenvalue weighted by molar-refractivity contribution is 9.10. The molecular formula is C20H13BrClN5. The van der Waals surface area contributed by atoms with Gasteiger partial charge in [-0.2, -0.15) is 5.10 Å². The highest BCUT2D eigenvalue weighted by atomic mass is 79.9. The predicted molar refractivity (Wildman–Crippen MR) is 111 cm³/mol. The molecule has 0 saturated carbocycles. The number of benzene rings is 1. The van der Waals surface area contributed by atoms with Gasteiger partial charge in [0.1, 0.15) is 15.9 Å². The summed E-state index contributed by atoms with van der Waals surface area (Å²) in [5, 5.41) is 5.89. The van der Waals surface area contributed by atoms with Crippen molar-refractivity contribution in [3.05, 3.63) is 70.8 Å². The third-order valence-corrected chi connectivity index (χ3v) is 5.65. The summed E-state index contributed by atoms with van der Waals surface area (Å²) in [7, 11) is 1.90. The number of imidazole rings is 1. The van der Waals surface area contributed by atoms with Crippen LogP contribution >= 0.6 is 27.5 Å². The third kappa shape index (κ3) is 2.64. The minimum absolute atomic E-state index is 0.667. The van der Waals surface area contributed by atoms with Gasteiger partial charge in [-0.15, -0.1) is 0 Å². The second-order valence-electron chi connectivity index (χ2n) is 6.30. The van der Waals surface area contributed by atoms with Crippen LogP contribution in [0.2, 0.25) is 5.02 Å². The van der Waals surface area contributed by atoms with E-state index >= 15 is 0 Å². The Morgan fingerprint density at radius 2 is 1.93 bits per heavy atom. The van der Waals surface area contributed by atoms with Crippen LogP contribution in [0.5, 0.6) is 0 Å².